The van der Waals surface area contributed by atoms with Gasteiger partial charge >= 0.3 is 5.97 Å². The average molecular weight is 358 g/mol. The van der Waals surface area contributed by atoms with Gasteiger partial charge in [0.25, 0.3) is 0 Å². The first-order chi connectivity index (χ1) is 12.0. The molecule has 0 heterocycles. The van der Waals surface area contributed by atoms with E-state index >= 15 is 0 Å². The van der Waals surface area contributed by atoms with E-state index in [1.807, 2.05) is 30.3 Å². The molecule has 3 aromatic rings. The van der Waals surface area contributed by atoms with E-state index in [0.29, 0.717) is 9.79 Å². The summed E-state index contributed by atoms with van der Waals surface area (Å²) in [5.74, 6) is -1.23. The molecule has 25 heavy (non-hydrogen) atoms. The van der Waals surface area contributed by atoms with E-state index in [9.17, 15) is 13.6 Å². The number of benzene rings is 3. The molecular formula is C20H16F2O2S. The van der Waals surface area contributed by atoms with E-state index in [1.54, 1.807) is 24.3 Å². The van der Waals surface area contributed by atoms with Crippen LogP contribution in [0.15, 0.2) is 93.5 Å². The fraction of sp³-hybridized carbons (Fsp3) is 0.0500. The van der Waals surface area contributed by atoms with Gasteiger partial charge in [0.15, 0.2) is 0 Å². The van der Waals surface area contributed by atoms with Gasteiger partial charge in [-0.1, -0.05) is 18.2 Å². The fourth-order valence-corrected chi connectivity index (χ4v) is 5.63. The van der Waals surface area contributed by atoms with Crippen LogP contribution in [0.4, 0.5) is 8.78 Å². The van der Waals surface area contributed by atoms with Crippen molar-refractivity contribution in [1.29, 1.82) is 0 Å². The normalized spacial score (nSPS) is 11.8. The summed E-state index contributed by atoms with van der Waals surface area (Å²) >= 11 is 0. The molecule has 0 spiro atoms. The fourth-order valence-electron chi connectivity index (χ4n) is 2.59. The average Bonchev–Trinajstić information content (AvgIpc) is 2.62. The molecule has 0 unspecified atom stereocenters. The van der Waals surface area contributed by atoms with E-state index in [2.05, 4.69) is 0 Å². The van der Waals surface area contributed by atoms with Crippen LogP contribution in [-0.4, -0.2) is 5.97 Å². The highest BCUT2D eigenvalue weighted by Gasteiger charge is 2.34. The summed E-state index contributed by atoms with van der Waals surface area (Å²) in [5.41, 5.74) is 0. The minimum atomic E-state index is -2.45. The van der Waals surface area contributed by atoms with Gasteiger partial charge in [-0.2, -0.15) is 0 Å². The van der Waals surface area contributed by atoms with E-state index in [-0.39, 0.29) is 11.6 Å². The number of hydrogen-bond acceptors (Lipinski definition) is 2. The Morgan fingerprint density at radius 3 is 1.52 bits per heavy atom. The molecule has 0 bridgehead atoms. The molecule has 0 aliphatic carbocycles. The summed E-state index contributed by atoms with van der Waals surface area (Å²) < 4.78 is 32.8. The van der Waals surface area contributed by atoms with Crippen LogP contribution in [0, 0.1) is 11.6 Å². The Balaban J connectivity index is 2.32. The minimum Gasteiger partial charge on any atom is -0.402 e. The minimum absolute atomic E-state index is 0.382. The molecule has 0 aliphatic rings. The quantitative estimate of drug-likeness (QED) is 0.596. The summed E-state index contributed by atoms with van der Waals surface area (Å²) in [7, 11) is -2.45. The first-order valence-corrected chi connectivity index (χ1v) is 9.18. The van der Waals surface area contributed by atoms with Crippen LogP contribution in [-0.2, 0) is 8.98 Å². The van der Waals surface area contributed by atoms with E-state index < -0.39 is 16.3 Å². The second-order valence-electron chi connectivity index (χ2n) is 5.35. The molecule has 0 saturated carbocycles. The molecule has 0 aliphatic heterocycles. The summed E-state index contributed by atoms with van der Waals surface area (Å²) in [6, 6.07) is 21.0. The monoisotopic (exact) mass is 358 g/mol. The third-order valence-electron chi connectivity index (χ3n) is 3.61. The number of rotatable bonds is 4. The van der Waals surface area contributed by atoms with Crippen molar-refractivity contribution >= 4 is 16.3 Å². The lowest BCUT2D eigenvalue weighted by atomic mass is 10.3. The van der Waals surface area contributed by atoms with Gasteiger partial charge in [-0.3, -0.25) is 4.79 Å². The highest BCUT2D eigenvalue weighted by Crippen LogP contribution is 2.69. The molecule has 3 rings (SSSR count). The number of hydrogen-bond donors (Lipinski definition) is 0. The second-order valence-corrected chi connectivity index (χ2v) is 8.05. The topological polar surface area (TPSA) is 26.3 Å². The molecule has 0 aromatic heterocycles. The lowest BCUT2D eigenvalue weighted by Gasteiger charge is -2.39. The highest BCUT2D eigenvalue weighted by molar-refractivity contribution is 8.30. The summed E-state index contributed by atoms with van der Waals surface area (Å²) in [6.07, 6.45) is 0. The Labute approximate surface area is 146 Å². The number of carbonyl (C=O) groups is 1. The summed E-state index contributed by atoms with van der Waals surface area (Å²) in [5, 5.41) is 0. The maximum atomic E-state index is 13.4. The molecule has 0 atom stereocenters. The van der Waals surface area contributed by atoms with Crippen LogP contribution in [0.5, 0.6) is 0 Å². The number of halogens is 2. The molecule has 128 valence electrons. The van der Waals surface area contributed by atoms with Gasteiger partial charge in [0, 0.05) is 21.6 Å². The van der Waals surface area contributed by atoms with Crippen LogP contribution in [0.2, 0.25) is 0 Å². The van der Waals surface area contributed by atoms with Crippen molar-refractivity contribution in [2.75, 3.05) is 0 Å². The van der Waals surface area contributed by atoms with Crippen LogP contribution in [0.1, 0.15) is 6.92 Å². The van der Waals surface area contributed by atoms with Crippen LogP contribution in [0.25, 0.3) is 0 Å². The maximum Gasteiger partial charge on any atom is 0.313 e. The van der Waals surface area contributed by atoms with Crippen molar-refractivity contribution in [3.63, 3.8) is 0 Å². The van der Waals surface area contributed by atoms with Crippen molar-refractivity contribution in [2.24, 2.45) is 0 Å². The predicted molar refractivity (Wildman–Crippen MR) is 93.4 cm³/mol. The highest BCUT2D eigenvalue weighted by atomic mass is 32.3. The van der Waals surface area contributed by atoms with Gasteiger partial charge < -0.3 is 4.18 Å². The standard InChI is InChI=1S/C20H16F2O2S/c1-15(23)24-25(18-5-3-2-4-6-18,19-11-7-16(21)8-12-19)20-13-9-17(22)10-14-20/h2-14H,1H3. The van der Waals surface area contributed by atoms with E-state index in [4.69, 9.17) is 4.18 Å². The SMILES string of the molecule is CC(=O)OS(c1ccccc1)(c1ccc(F)cc1)c1ccc(F)cc1. The summed E-state index contributed by atoms with van der Waals surface area (Å²) in [4.78, 5) is 14.0. The van der Waals surface area contributed by atoms with Gasteiger partial charge in [0.1, 0.15) is 11.6 Å². The molecule has 0 saturated heterocycles. The Hall–Kier alpha value is -2.66. The molecular weight excluding hydrogens is 342 g/mol. The first kappa shape index (κ1) is 17.2. The van der Waals surface area contributed by atoms with Gasteiger partial charge in [0.2, 0.25) is 0 Å². The lowest BCUT2D eigenvalue weighted by molar-refractivity contribution is -0.131. The van der Waals surface area contributed by atoms with Gasteiger partial charge in [-0.05, 0) is 71.0 Å². The largest absolute Gasteiger partial charge is 0.402 e. The van der Waals surface area contributed by atoms with Crippen molar-refractivity contribution in [3.8, 4) is 0 Å². The van der Waals surface area contributed by atoms with Crippen molar-refractivity contribution in [2.45, 2.75) is 21.6 Å². The molecule has 2 nitrogen and oxygen atoms in total. The molecule has 0 amide bonds. The predicted octanol–water partition coefficient (Wildman–Crippen LogP) is 5.72. The van der Waals surface area contributed by atoms with Crippen LogP contribution in [0.3, 0.4) is 0 Å². The molecule has 0 fully saturated rings. The van der Waals surface area contributed by atoms with Crippen molar-refractivity contribution in [3.05, 3.63) is 90.5 Å². The Morgan fingerprint density at radius 1 is 0.720 bits per heavy atom. The van der Waals surface area contributed by atoms with Gasteiger partial charge in [-0.15, -0.1) is 0 Å². The third-order valence-corrected chi connectivity index (χ3v) is 6.90. The first-order valence-electron chi connectivity index (χ1n) is 7.62. The second kappa shape index (κ2) is 7.07. The van der Waals surface area contributed by atoms with E-state index in [1.165, 1.54) is 31.2 Å². The van der Waals surface area contributed by atoms with Gasteiger partial charge in [0.05, 0.1) is 0 Å². The zero-order chi connectivity index (χ0) is 17.9. The smallest absolute Gasteiger partial charge is 0.313 e. The Kier molecular flexibility index (Phi) is 4.86. The van der Waals surface area contributed by atoms with Crippen LogP contribution < -0.4 is 0 Å². The Morgan fingerprint density at radius 2 is 1.12 bits per heavy atom. The van der Waals surface area contributed by atoms with E-state index in [0.717, 1.165) is 4.90 Å². The Bertz CT molecular complexity index is 817. The van der Waals surface area contributed by atoms with Gasteiger partial charge in [-0.25, -0.2) is 8.78 Å². The van der Waals surface area contributed by atoms with Crippen LogP contribution >= 0.6 is 10.3 Å². The summed E-state index contributed by atoms with van der Waals surface area (Å²) in [6.45, 7) is 1.33. The molecule has 0 N–H and O–H groups in total. The molecule has 0 radical (unpaired) electrons. The molecule has 5 heteroatoms. The maximum absolute atomic E-state index is 13.4. The third kappa shape index (κ3) is 3.42. The lowest BCUT2D eigenvalue weighted by Crippen LogP contribution is -2.11. The molecule has 3 aromatic carbocycles. The van der Waals surface area contributed by atoms with Crippen molar-refractivity contribution < 1.29 is 17.8 Å². The zero-order valence-electron chi connectivity index (χ0n) is 13.5. The number of carbonyl (C=O) groups excluding carboxylic acids is 1. The van der Waals surface area contributed by atoms with Crippen molar-refractivity contribution in [1.82, 2.24) is 0 Å². The zero-order valence-corrected chi connectivity index (χ0v) is 14.3.